The first kappa shape index (κ1) is 25.6. The summed E-state index contributed by atoms with van der Waals surface area (Å²) >= 11 is 0. The molecule has 186 valence electrons. The number of amides is 1. The Morgan fingerprint density at radius 1 is 1.12 bits per heavy atom. The number of hydrogen-bond acceptors (Lipinski definition) is 8. The molecular formula is C21H38N2O8S. The lowest BCUT2D eigenvalue weighted by molar-refractivity contribution is -0.241. The van der Waals surface area contributed by atoms with Crippen molar-refractivity contribution < 1.29 is 36.9 Å². The van der Waals surface area contributed by atoms with Gasteiger partial charge >= 0.3 is 16.3 Å². The van der Waals surface area contributed by atoms with Gasteiger partial charge in [0.1, 0.15) is 24.4 Å². The summed E-state index contributed by atoms with van der Waals surface area (Å²) < 4.78 is 57.1. The fourth-order valence-corrected chi connectivity index (χ4v) is 5.49. The average Bonchev–Trinajstić information content (AvgIpc) is 3.40. The van der Waals surface area contributed by atoms with Crippen LogP contribution in [0.4, 0.5) is 4.79 Å². The van der Waals surface area contributed by atoms with Crippen LogP contribution in [0.1, 0.15) is 72.6 Å². The van der Waals surface area contributed by atoms with E-state index in [1.54, 1.807) is 6.92 Å². The van der Waals surface area contributed by atoms with Gasteiger partial charge in [0.05, 0.1) is 0 Å². The molecule has 3 saturated heterocycles. The zero-order valence-electron chi connectivity index (χ0n) is 19.6. The molecule has 3 heterocycles. The van der Waals surface area contributed by atoms with Gasteiger partial charge in [0, 0.05) is 19.7 Å². The molecule has 0 saturated carbocycles. The van der Waals surface area contributed by atoms with E-state index in [1.807, 2.05) is 18.6 Å². The van der Waals surface area contributed by atoms with E-state index in [4.69, 9.17) is 23.7 Å². The van der Waals surface area contributed by atoms with E-state index in [-0.39, 0.29) is 0 Å². The number of hydrogen-bond donors (Lipinski definition) is 1. The highest BCUT2D eigenvalue weighted by molar-refractivity contribution is 7.87. The zero-order valence-corrected chi connectivity index (χ0v) is 20.4. The monoisotopic (exact) mass is 478 g/mol. The highest BCUT2D eigenvalue weighted by atomic mass is 32.2. The quantitative estimate of drug-likeness (QED) is 0.451. The molecule has 0 aromatic carbocycles. The van der Waals surface area contributed by atoms with Crippen LogP contribution in [0.5, 0.6) is 0 Å². The fourth-order valence-electron chi connectivity index (χ4n) is 4.37. The number of carbonyl (C=O) groups excluding carboxylic acids is 1. The number of rotatable bonds is 11. The van der Waals surface area contributed by atoms with Gasteiger partial charge in [0.25, 0.3) is 0 Å². The largest absolute Gasteiger partial charge is 0.443 e. The Balaban J connectivity index is 1.54. The van der Waals surface area contributed by atoms with Crippen molar-refractivity contribution in [3.63, 3.8) is 0 Å². The summed E-state index contributed by atoms with van der Waals surface area (Å²) in [5.41, 5.74) is 0. The third-order valence-corrected chi connectivity index (χ3v) is 7.42. The van der Waals surface area contributed by atoms with Crippen LogP contribution >= 0.6 is 0 Å². The first-order chi connectivity index (χ1) is 15.1. The fraction of sp³-hybridized carbons (Fsp3) is 0.952. The minimum atomic E-state index is -3.91. The maximum atomic E-state index is 12.3. The number of nitrogens with zero attached hydrogens (tertiary/aromatic N) is 1. The lowest BCUT2D eigenvalue weighted by Gasteiger charge is -2.27. The van der Waals surface area contributed by atoms with Crippen LogP contribution in [0.2, 0.25) is 0 Å². The van der Waals surface area contributed by atoms with Crippen molar-refractivity contribution in [2.24, 2.45) is 0 Å². The summed E-state index contributed by atoms with van der Waals surface area (Å²) in [6.45, 7) is 8.77. The van der Waals surface area contributed by atoms with Gasteiger partial charge in [0.15, 0.2) is 12.1 Å². The second-order valence-corrected chi connectivity index (χ2v) is 10.8. The first-order valence-electron chi connectivity index (χ1n) is 11.7. The Morgan fingerprint density at radius 2 is 1.78 bits per heavy atom. The summed E-state index contributed by atoms with van der Waals surface area (Å²) in [6, 6.07) is 0. The molecular weight excluding hydrogens is 440 g/mol. The van der Waals surface area contributed by atoms with Crippen molar-refractivity contribution in [2.75, 3.05) is 19.7 Å². The van der Waals surface area contributed by atoms with Crippen molar-refractivity contribution in [3.05, 3.63) is 0 Å². The minimum absolute atomic E-state index is 0.394. The molecule has 11 heteroatoms. The van der Waals surface area contributed by atoms with Gasteiger partial charge in [-0.15, -0.1) is 0 Å². The zero-order chi connectivity index (χ0) is 23.4. The Bertz CT molecular complexity index is 725. The van der Waals surface area contributed by atoms with E-state index in [0.29, 0.717) is 19.7 Å². The predicted octanol–water partition coefficient (Wildman–Crippen LogP) is 2.67. The average molecular weight is 479 g/mol. The standard InChI is InChI=1S/C21H38N2O8S/c1-5-6-7-8-11-14-27-19-18-17(30-21(3,4)31-18)16(29-19)15(2)28-20(24)22-32(25,26)23-12-9-10-13-23/h15-19H,5-14H2,1-4H3,(H,22,24)/t15-,16-,17+,18+,19+/m1/s1. The van der Waals surface area contributed by atoms with E-state index in [1.165, 1.54) is 23.6 Å². The summed E-state index contributed by atoms with van der Waals surface area (Å²) in [5, 5.41) is 0. The van der Waals surface area contributed by atoms with Gasteiger partial charge in [-0.25, -0.2) is 9.52 Å². The Labute approximate surface area is 191 Å². The Kier molecular flexibility index (Phi) is 8.78. The molecule has 10 nitrogen and oxygen atoms in total. The first-order valence-corrected chi connectivity index (χ1v) is 13.2. The van der Waals surface area contributed by atoms with E-state index in [0.717, 1.165) is 25.7 Å². The molecule has 0 bridgehead atoms. The molecule has 0 aromatic heterocycles. The predicted molar refractivity (Wildman–Crippen MR) is 116 cm³/mol. The lowest BCUT2D eigenvalue weighted by atomic mass is 10.1. The van der Waals surface area contributed by atoms with Crippen LogP contribution in [-0.2, 0) is 33.9 Å². The smallest absolute Gasteiger partial charge is 0.422 e. The molecule has 1 N–H and O–H groups in total. The van der Waals surface area contributed by atoms with Crippen LogP contribution < -0.4 is 4.72 Å². The molecule has 3 rings (SSSR count). The SMILES string of the molecule is CCCCCCCO[C@H]1O[C@H]([C@@H](C)OC(=O)NS(=O)(=O)N2CCCC2)[C@@H]2OC(C)(C)O[C@H]12. The molecule has 0 aliphatic carbocycles. The van der Waals surface area contributed by atoms with Crippen molar-refractivity contribution >= 4 is 16.3 Å². The molecule has 3 fully saturated rings. The van der Waals surface area contributed by atoms with Gasteiger partial charge in [-0.05, 0) is 40.0 Å². The molecule has 0 unspecified atom stereocenters. The lowest BCUT2D eigenvalue weighted by Crippen LogP contribution is -2.45. The van der Waals surface area contributed by atoms with E-state index in [2.05, 4.69) is 6.92 Å². The number of carbonyl (C=O) groups is 1. The third kappa shape index (κ3) is 6.54. The number of ether oxygens (including phenoxy) is 5. The van der Waals surface area contributed by atoms with Crippen LogP contribution in [0.15, 0.2) is 0 Å². The summed E-state index contributed by atoms with van der Waals surface area (Å²) in [5.74, 6) is -0.818. The molecule has 0 spiro atoms. The number of nitrogens with one attached hydrogen (secondary N) is 1. The highest BCUT2D eigenvalue weighted by Gasteiger charge is 2.57. The molecule has 0 radical (unpaired) electrons. The second-order valence-electron chi connectivity index (χ2n) is 9.14. The Morgan fingerprint density at radius 3 is 2.47 bits per heavy atom. The molecule has 3 aliphatic heterocycles. The summed E-state index contributed by atoms with van der Waals surface area (Å²) in [4.78, 5) is 12.3. The third-order valence-electron chi connectivity index (χ3n) is 5.95. The van der Waals surface area contributed by atoms with Crippen LogP contribution in [0, 0.1) is 0 Å². The van der Waals surface area contributed by atoms with Gasteiger partial charge in [0.2, 0.25) is 0 Å². The number of unbranched alkanes of at least 4 members (excludes halogenated alkanes) is 4. The highest BCUT2D eigenvalue weighted by Crippen LogP contribution is 2.40. The van der Waals surface area contributed by atoms with Crippen molar-refractivity contribution in [1.82, 2.24) is 9.03 Å². The van der Waals surface area contributed by atoms with Crippen LogP contribution in [0.3, 0.4) is 0 Å². The molecule has 5 atom stereocenters. The van der Waals surface area contributed by atoms with Gasteiger partial charge in [-0.2, -0.15) is 12.7 Å². The van der Waals surface area contributed by atoms with E-state index in [9.17, 15) is 13.2 Å². The topological polar surface area (TPSA) is 113 Å². The summed E-state index contributed by atoms with van der Waals surface area (Å²) in [7, 11) is -3.91. The van der Waals surface area contributed by atoms with Gasteiger partial charge in [-0.3, -0.25) is 0 Å². The maximum Gasteiger partial charge on any atom is 0.422 e. The van der Waals surface area contributed by atoms with Crippen molar-refractivity contribution in [3.8, 4) is 0 Å². The van der Waals surface area contributed by atoms with E-state index >= 15 is 0 Å². The molecule has 3 aliphatic rings. The van der Waals surface area contributed by atoms with Crippen LogP contribution in [-0.4, -0.2) is 75.0 Å². The van der Waals surface area contributed by atoms with Crippen molar-refractivity contribution in [2.45, 2.75) is 109 Å². The van der Waals surface area contributed by atoms with Gasteiger partial charge < -0.3 is 23.7 Å². The van der Waals surface area contributed by atoms with E-state index < -0.39 is 52.8 Å². The normalized spacial score (nSPS) is 30.9. The molecule has 1 amide bonds. The van der Waals surface area contributed by atoms with Crippen molar-refractivity contribution in [1.29, 1.82) is 0 Å². The second kappa shape index (κ2) is 11.0. The molecule has 0 aromatic rings. The minimum Gasteiger partial charge on any atom is -0.443 e. The Hall–Kier alpha value is -0.980. The molecule has 32 heavy (non-hydrogen) atoms. The van der Waals surface area contributed by atoms with Crippen LogP contribution in [0.25, 0.3) is 0 Å². The maximum absolute atomic E-state index is 12.3. The summed E-state index contributed by atoms with van der Waals surface area (Å²) in [6.07, 6.45) is 3.10. The van der Waals surface area contributed by atoms with Gasteiger partial charge in [-0.1, -0.05) is 32.6 Å². The number of fused-ring (bicyclic) bond motifs is 1.